The predicted molar refractivity (Wildman–Crippen MR) is 113 cm³/mol. The molecule has 0 amide bonds. The van der Waals surface area contributed by atoms with Gasteiger partial charge in [-0.25, -0.2) is 13.2 Å². The molecule has 2 nitrogen and oxygen atoms in total. The van der Waals surface area contributed by atoms with Gasteiger partial charge in [-0.3, -0.25) is 0 Å². The fraction of sp³-hybridized carbons (Fsp3) is 0.520. The molecule has 0 heterocycles. The SMILES string of the molecule is CCCC1CCC(CCc2ccc(C(F)(F)Oc3cc(F)c(OC(F)F)c(F)c3)c(F)c2)CC1. The van der Waals surface area contributed by atoms with Crippen LogP contribution in [-0.2, 0) is 12.5 Å². The Bertz CT molecular complexity index is 933. The zero-order valence-electron chi connectivity index (χ0n) is 18.7. The summed E-state index contributed by atoms with van der Waals surface area (Å²) in [5.74, 6) is -5.68. The van der Waals surface area contributed by atoms with Crippen molar-refractivity contribution in [3.8, 4) is 11.5 Å². The molecule has 1 aliphatic rings. The third-order valence-corrected chi connectivity index (χ3v) is 6.28. The standard InChI is InChI=1S/C25H27F7O2/c1-2-3-15-4-6-16(7-5-15)8-9-17-10-11-19(20(26)12-17)25(31,32)34-18-13-21(27)23(22(28)14-18)33-24(29)30/h10-16,24H,2-9H2,1H3. The number of rotatable bonds is 10. The van der Waals surface area contributed by atoms with Crippen LogP contribution in [0.4, 0.5) is 30.7 Å². The first kappa shape index (κ1) is 26.2. The van der Waals surface area contributed by atoms with Crippen LogP contribution >= 0.6 is 0 Å². The number of alkyl halides is 4. The summed E-state index contributed by atoms with van der Waals surface area (Å²) in [5.41, 5.74) is -0.539. The van der Waals surface area contributed by atoms with E-state index in [4.69, 9.17) is 0 Å². The molecule has 2 aromatic rings. The van der Waals surface area contributed by atoms with Crippen molar-refractivity contribution in [1.82, 2.24) is 0 Å². The molecule has 9 heteroatoms. The van der Waals surface area contributed by atoms with Crippen LogP contribution in [-0.4, -0.2) is 6.61 Å². The molecular formula is C25H27F7O2. The monoisotopic (exact) mass is 492 g/mol. The van der Waals surface area contributed by atoms with Gasteiger partial charge in [-0.15, -0.1) is 0 Å². The molecular weight excluding hydrogens is 465 g/mol. The van der Waals surface area contributed by atoms with Crippen molar-refractivity contribution in [2.75, 3.05) is 0 Å². The minimum Gasteiger partial charge on any atom is -0.429 e. The van der Waals surface area contributed by atoms with Crippen molar-refractivity contribution >= 4 is 0 Å². The molecule has 0 N–H and O–H groups in total. The second-order valence-electron chi connectivity index (χ2n) is 8.74. The fourth-order valence-corrected chi connectivity index (χ4v) is 4.54. The Kier molecular flexibility index (Phi) is 8.71. The Morgan fingerprint density at radius 2 is 1.47 bits per heavy atom. The highest BCUT2D eigenvalue weighted by molar-refractivity contribution is 5.36. The third-order valence-electron chi connectivity index (χ3n) is 6.28. The minimum atomic E-state index is -4.26. The number of halogens is 7. The first-order valence-corrected chi connectivity index (χ1v) is 11.4. The molecule has 0 saturated heterocycles. The first-order chi connectivity index (χ1) is 16.1. The van der Waals surface area contributed by atoms with E-state index in [9.17, 15) is 30.7 Å². The maximum Gasteiger partial charge on any atom is 0.429 e. The van der Waals surface area contributed by atoms with E-state index in [1.807, 2.05) is 0 Å². The van der Waals surface area contributed by atoms with Crippen LogP contribution in [0.5, 0.6) is 11.5 Å². The van der Waals surface area contributed by atoms with E-state index >= 15 is 0 Å². The highest BCUT2D eigenvalue weighted by Gasteiger charge is 2.38. The van der Waals surface area contributed by atoms with Crippen LogP contribution in [0.2, 0.25) is 0 Å². The molecule has 1 fully saturated rings. The molecule has 0 radical (unpaired) electrons. The molecule has 34 heavy (non-hydrogen) atoms. The van der Waals surface area contributed by atoms with Crippen LogP contribution in [0.1, 0.15) is 63.0 Å². The van der Waals surface area contributed by atoms with Crippen LogP contribution in [0.15, 0.2) is 30.3 Å². The first-order valence-electron chi connectivity index (χ1n) is 11.4. The number of aryl methyl sites for hydroxylation is 1. The lowest BCUT2D eigenvalue weighted by Crippen LogP contribution is -2.24. The summed E-state index contributed by atoms with van der Waals surface area (Å²) < 4.78 is 104. The molecule has 0 aliphatic heterocycles. The lowest BCUT2D eigenvalue weighted by molar-refractivity contribution is -0.187. The van der Waals surface area contributed by atoms with Gasteiger partial charge in [-0.2, -0.15) is 17.6 Å². The Hall–Kier alpha value is -2.45. The van der Waals surface area contributed by atoms with Gasteiger partial charge in [0.15, 0.2) is 17.4 Å². The number of hydrogen-bond donors (Lipinski definition) is 0. The van der Waals surface area contributed by atoms with Crippen molar-refractivity contribution in [1.29, 1.82) is 0 Å². The van der Waals surface area contributed by atoms with Crippen LogP contribution in [0, 0.1) is 29.3 Å². The smallest absolute Gasteiger partial charge is 0.429 e. The van der Waals surface area contributed by atoms with Gasteiger partial charge in [0.1, 0.15) is 11.6 Å². The Labute approximate surface area is 194 Å². The Morgan fingerprint density at radius 3 is 2.00 bits per heavy atom. The van der Waals surface area contributed by atoms with Gasteiger partial charge in [-0.1, -0.05) is 51.5 Å². The van der Waals surface area contributed by atoms with Crippen LogP contribution in [0.3, 0.4) is 0 Å². The van der Waals surface area contributed by atoms with E-state index < -0.39 is 47.2 Å². The normalized spacial score (nSPS) is 18.9. The average molecular weight is 492 g/mol. The summed E-state index contributed by atoms with van der Waals surface area (Å²) in [7, 11) is 0. The maximum absolute atomic E-state index is 14.5. The van der Waals surface area contributed by atoms with Crippen molar-refractivity contribution in [3.05, 3.63) is 58.9 Å². The largest absolute Gasteiger partial charge is 0.429 e. The molecule has 0 spiro atoms. The topological polar surface area (TPSA) is 18.5 Å². The Morgan fingerprint density at radius 1 is 0.882 bits per heavy atom. The van der Waals surface area contributed by atoms with Gasteiger partial charge in [0, 0.05) is 12.1 Å². The average Bonchev–Trinajstić information content (AvgIpc) is 2.75. The molecule has 0 atom stereocenters. The third kappa shape index (κ3) is 6.79. The van der Waals surface area contributed by atoms with Gasteiger partial charge >= 0.3 is 12.7 Å². The van der Waals surface area contributed by atoms with E-state index in [1.165, 1.54) is 31.7 Å². The lowest BCUT2D eigenvalue weighted by Gasteiger charge is -2.28. The van der Waals surface area contributed by atoms with E-state index in [-0.39, 0.29) is 12.1 Å². The summed E-state index contributed by atoms with van der Waals surface area (Å²) in [6.07, 6.45) is 4.16. The van der Waals surface area contributed by atoms with Gasteiger partial charge < -0.3 is 9.47 Å². The fourth-order valence-electron chi connectivity index (χ4n) is 4.54. The summed E-state index contributed by atoms with van der Waals surface area (Å²) >= 11 is 0. The quantitative estimate of drug-likeness (QED) is 0.310. The number of hydrogen-bond acceptors (Lipinski definition) is 2. The van der Waals surface area contributed by atoms with Gasteiger partial charge in [0.2, 0.25) is 0 Å². The number of ether oxygens (including phenoxy) is 2. The van der Waals surface area contributed by atoms with Crippen molar-refractivity contribution in [3.63, 3.8) is 0 Å². The lowest BCUT2D eigenvalue weighted by atomic mass is 9.78. The van der Waals surface area contributed by atoms with Crippen molar-refractivity contribution in [2.45, 2.75) is 71.0 Å². The number of benzene rings is 2. The molecule has 1 aliphatic carbocycles. The highest BCUT2D eigenvalue weighted by Crippen LogP contribution is 2.37. The van der Waals surface area contributed by atoms with Gasteiger partial charge in [-0.05, 0) is 42.4 Å². The molecule has 2 aromatic carbocycles. The molecule has 188 valence electrons. The van der Waals surface area contributed by atoms with Crippen molar-refractivity contribution in [2.24, 2.45) is 11.8 Å². The zero-order valence-corrected chi connectivity index (χ0v) is 18.7. The summed E-state index contributed by atoms with van der Waals surface area (Å²) in [6.45, 7) is -1.34. The molecule has 1 saturated carbocycles. The minimum absolute atomic E-state index is 0.260. The molecule has 3 rings (SSSR count). The van der Waals surface area contributed by atoms with Gasteiger partial charge in [0.05, 0.1) is 5.56 Å². The second-order valence-corrected chi connectivity index (χ2v) is 8.74. The van der Waals surface area contributed by atoms with Crippen molar-refractivity contribution < 1.29 is 40.2 Å². The molecule has 0 unspecified atom stereocenters. The second kappa shape index (κ2) is 11.3. The van der Waals surface area contributed by atoms with E-state index in [1.54, 1.807) is 0 Å². The maximum atomic E-state index is 14.5. The Balaban J connectivity index is 1.63. The summed E-state index contributed by atoms with van der Waals surface area (Å²) in [5, 5.41) is 0. The zero-order chi connectivity index (χ0) is 24.9. The molecule has 0 bridgehead atoms. The summed E-state index contributed by atoms with van der Waals surface area (Å²) in [4.78, 5) is 0. The van der Waals surface area contributed by atoms with Crippen LogP contribution < -0.4 is 9.47 Å². The van der Waals surface area contributed by atoms with Crippen LogP contribution in [0.25, 0.3) is 0 Å². The summed E-state index contributed by atoms with van der Waals surface area (Å²) in [6, 6.07) is 3.78. The predicted octanol–water partition coefficient (Wildman–Crippen LogP) is 8.37. The van der Waals surface area contributed by atoms with E-state index in [2.05, 4.69) is 16.4 Å². The highest BCUT2D eigenvalue weighted by atomic mass is 19.3. The van der Waals surface area contributed by atoms with E-state index in [0.717, 1.165) is 37.3 Å². The molecule has 0 aromatic heterocycles. The van der Waals surface area contributed by atoms with E-state index in [0.29, 0.717) is 17.9 Å². The van der Waals surface area contributed by atoms with Gasteiger partial charge in [0.25, 0.3) is 0 Å².